The predicted octanol–water partition coefficient (Wildman–Crippen LogP) is 3.09. The minimum atomic E-state index is -0.140. The summed E-state index contributed by atoms with van der Waals surface area (Å²) in [5, 5.41) is 3.25. The third-order valence-electron chi connectivity index (χ3n) is 1.71. The van der Waals surface area contributed by atoms with Gasteiger partial charge in [0.05, 0.1) is 12.3 Å². The third-order valence-corrected chi connectivity index (χ3v) is 1.95. The molecular weight excluding hydrogens is 214 g/mol. The fraction of sp³-hybridized carbons (Fsp3) is 0.364. The van der Waals surface area contributed by atoms with Crippen LogP contribution in [0.2, 0.25) is 5.02 Å². The van der Waals surface area contributed by atoms with Gasteiger partial charge in [-0.15, -0.1) is 0 Å². The van der Waals surface area contributed by atoms with Gasteiger partial charge in [0.2, 0.25) is 5.91 Å². The van der Waals surface area contributed by atoms with E-state index >= 15 is 0 Å². The predicted molar refractivity (Wildman–Crippen MR) is 61.5 cm³/mol. The Bertz CT molecular complexity index is 352. The van der Waals surface area contributed by atoms with Crippen LogP contribution in [0, 0.1) is 0 Å². The van der Waals surface area contributed by atoms with E-state index in [1.54, 1.807) is 18.2 Å². The Kier molecular flexibility index (Phi) is 4.43. The van der Waals surface area contributed by atoms with Gasteiger partial charge in [-0.1, -0.05) is 18.5 Å². The maximum absolute atomic E-state index is 10.9. The summed E-state index contributed by atoms with van der Waals surface area (Å²) in [7, 11) is 0. The van der Waals surface area contributed by atoms with Gasteiger partial charge in [0.1, 0.15) is 5.75 Å². The molecule has 3 nitrogen and oxygen atoms in total. The molecule has 0 saturated heterocycles. The monoisotopic (exact) mass is 227 g/mol. The first-order valence-electron chi connectivity index (χ1n) is 4.83. The Morgan fingerprint density at radius 1 is 1.53 bits per heavy atom. The fourth-order valence-corrected chi connectivity index (χ4v) is 1.30. The molecule has 0 atom stereocenters. The van der Waals surface area contributed by atoms with Gasteiger partial charge < -0.3 is 10.1 Å². The summed E-state index contributed by atoms with van der Waals surface area (Å²) < 4.78 is 5.47. The molecule has 1 aromatic carbocycles. The molecule has 1 aromatic rings. The number of hydrogen-bond acceptors (Lipinski definition) is 2. The molecule has 0 unspecified atom stereocenters. The number of nitrogens with one attached hydrogen (secondary N) is 1. The van der Waals surface area contributed by atoms with E-state index < -0.39 is 0 Å². The van der Waals surface area contributed by atoms with Crippen molar-refractivity contribution in [1.29, 1.82) is 0 Å². The summed E-state index contributed by atoms with van der Waals surface area (Å²) in [5.74, 6) is 0.509. The highest BCUT2D eigenvalue weighted by Gasteiger charge is 2.05. The van der Waals surface area contributed by atoms with Gasteiger partial charge in [0.15, 0.2) is 0 Å². The lowest BCUT2D eigenvalue weighted by Gasteiger charge is -2.11. The minimum Gasteiger partial charge on any atom is -0.491 e. The Morgan fingerprint density at radius 3 is 2.87 bits per heavy atom. The second kappa shape index (κ2) is 5.61. The van der Waals surface area contributed by atoms with Crippen LogP contribution < -0.4 is 10.1 Å². The summed E-state index contributed by atoms with van der Waals surface area (Å²) in [6.45, 7) is 4.09. The maximum Gasteiger partial charge on any atom is 0.221 e. The molecule has 82 valence electrons. The molecule has 15 heavy (non-hydrogen) atoms. The number of carbonyl (C=O) groups is 1. The molecule has 0 heterocycles. The first-order valence-corrected chi connectivity index (χ1v) is 5.21. The molecule has 0 aliphatic heterocycles. The third kappa shape index (κ3) is 3.80. The number of amides is 1. The second-order valence-electron chi connectivity index (χ2n) is 3.17. The maximum atomic E-state index is 10.9. The first-order chi connectivity index (χ1) is 7.13. The lowest BCUT2D eigenvalue weighted by molar-refractivity contribution is -0.114. The van der Waals surface area contributed by atoms with Gasteiger partial charge in [0, 0.05) is 11.9 Å². The van der Waals surface area contributed by atoms with Crippen LogP contribution in [0.3, 0.4) is 0 Å². The first kappa shape index (κ1) is 11.9. The highest BCUT2D eigenvalue weighted by Crippen LogP contribution is 2.28. The molecule has 0 aromatic heterocycles. The van der Waals surface area contributed by atoms with Gasteiger partial charge in [0.25, 0.3) is 0 Å². The van der Waals surface area contributed by atoms with E-state index in [-0.39, 0.29) is 5.91 Å². The van der Waals surface area contributed by atoms with Crippen molar-refractivity contribution < 1.29 is 9.53 Å². The molecule has 0 bridgehead atoms. The fourth-order valence-electron chi connectivity index (χ4n) is 1.13. The van der Waals surface area contributed by atoms with Crippen molar-refractivity contribution in [3.8, 4) is 5.75 Å². The molecular formula is C11H14ClNO2. The quantitative estimate of drug-likeness (QED) is 0.859. The standard InChI is InChI=1S/C11H14ClNO2/c1-3-6-15-11-5-4-9(12)7-10(11)13-8(2)14/h4-5,7H,3,6H2,1-2H3,(H,13,14). The van der Waals surface area contributed by atoms with Crippen LogP contribution in [0.4, 0.5) is 5.69 Å². The Hall–Kier alpha value is -1.22. The largest absolute Gasteiger partial charge is 0.491 e. The molecule has 0 radical (unpaired) electrons. The summed E-state index contributed by atoms with van der Waals surface area (Å²) in [6.07, 6.45) is 0.919. The molecule has 0 spiro atoms. The zero-order chi connectivity index (χ0) is 11.3. The van der Waals surface area contributed by atoms with E-state index in [2.05, 4.69) is 5.32 Å². The molecule has 0 aliphatic rings. The highest BCUT2D eigenvalue weighted by molar-refractivity contribution is 6.31. The van der Waals surface area contributed by atoms with E-state index in [1.165, 1.54) is 6.92 Å². The topological polar surface area (TPSA) is 38.3 Å². The van der Waals surface area contributed by atoms with Crippen LogP contribution in [-0.2, 0) is 4.79 Å². The second-order valence-corrected chi connectivity index (χ2v) is 3.61. The van der Waals surface area contributed by atoms with E-state index in [9.17, 15) is 4.79 Å². The van der Waals surface area contributed by atoms with Crippen molar-refractivity contribution in [2.75, 3.05) is 11.9 Å². The van der Waals surface area contributed by atoms with Gasteiger partial charge in [-0.25, -0.2) is 0 Å². The summed E-state index contributed by atoms with van der Waals surface area (Å²) >= 11 is 5.83. The van der Waals surface area contributed by atoms with Crippen LogP contribution in [0.25, 0.3) is 0 Å². The smallest absolute Gasteiger partial charge is 0.221 e. The van der Waals surface area contributed by atoms with Crippen molar-refractivity contribution in [2.45, 2.75) is 20.3 Å². The van der Waals surface area contributed by atoms with Gasteiger partial charge >= 0.3 is 0 Å². The molecule has 4 heteroatoms. The molecule has 0 saturated carbocycles. The minimum absolute atomic E-state index is 0.140. The lowest BCUT2D eigenvalue weighted by atomic mass is 10.3. The average molecular weight is 228 g/mol. The Morgan fingerprint density at radius 2 is 2.27 bits per heavy atom. The van der Waals surface area contributed by atoms with Crippen LogP contribution in [0.1, 0.15) is 20.3 Å². The summed E-state index contributed by atoms with van der Waals surface area (Å²) in [5.41, 5.74) is 0.614. The Balaban J connectivity index is 2.87. The lowest BCUT2D eigenvalue weighted by Crippen LogP contribution is -2.08. The number of carbonyl (C=O) groups excluding carboxylic acids is 1. The Labute approximate surface area is 94.4 Å². The molecule has 0 aliphatic carbocycles. The van der Waals surface area contributed by atoms with Gasteiger partial charge in [-0.2, -0.15) is 0 Å². The van der Waals surface area contributed by atoms with Gasteiger partial charge in [-0.05, 0) is 24.6 Å². The number of rotatable bonds is 4. The molecule has 1 amide bonds. The zero-order valence-corrected chi connectivity index (χ0v) is 9.60. The van der Waals surface area contributed by atoms with E-state index in [0.29, 0.717) is 23.1 Å². The van der Waals surface area contributed by atoms with Crippen molar-refractivity contribution in [2.24, 2.45) is 0 Å². The van der Waals surface area contributed by atoms with E-state index in [1.807, 2.05) is 6.92 Å². The van der Waals surface area contributed by atoms with E-state index in [4.69, 9.17) is 16.3 Å². The highest BCUT2D eigenvalue weighted by atomic mass is 35.5. The number of hydrogen-bond donors (Lipinski definition) is 1. The summed E-state index contributed by atoms with van der Waals surface area (Å²) in [4.78, 5) is 10.9. The van der Waals surface area contributed by atoms with Crippen molar-refractivity contribution in [3.05, 3.63) is 23.2 Å². The van der Waals surface area contributed by atoms with E-state index in [0.717, 1.165) is 6.42 Å². The molecule has 1 N–H and O–H groups in total. The SMILES string of the molecule is CCCOc1ccc(Cl)cc1NC(C)=O. The number of ether oxygens (including phenoxy) is 1. The number of benzene rings is 1. The van der Waals surface area contributed by atoms with Crippen molar-refractivity contribution in [3.63, 3.8) is 0 Å². The van der Waals surface area contributed by atoms with Crippen molar-refractivity contribution in [1.82, 2.24) is 0 Å². The molecule has 0 fully saturated rings. The van der Waals surface area contributed by atoms with Crippen LogP contribution in [0.15, 0.2) is 18.2 Å². The molecule has 1 rings (SSSR count). The van der Waals surface area contributed by atoms with Gasteiger partial charge in [-0.3, -0.25) is 4.79 Å². The van der Waals surface area contributed by atoms with Crippen LogP contribution in [-0.4, -0.2) is 12.5 Å². The normalized spacial score (nSPS) is 9.80. The zero-order valence-electron chi connectivity index (χ0n) is 8.84. The van der Waals surface area contributed by atoms with Crippen LogP contribution in [0.5, 0.6) is 5.75 Å². The number of anilines is 1. The number of halogens is 1. The summed E-state index contributed by atoms with van der Waals surface area (Å²) in [6, 6.07) is 5.16. The van der Waals surface area contributed by atoms with Crippen LogP contribution >= 0.6 is 11.6 Å². The van der Waals surface area contributed by atoms with Crippen molar-refractivity contribution >= 4 is 23.2 Å². The average Bonchev–Trinajstić information content (AvgIpc) is 2.16.